The molecule has 0 radical (unpaired) electrons. The van der Waals surface area contributed by atoms with Gasteiger partial charge in [0.05, 0.1) is 17.9 Å². The normalized spacial score (nSPS) is 23.3. The SMILES string of the molecule is CNC1(C(F)(F)F)OC(=O)Nc2ccc(Cl)cc21.O=C1Nc2ccc(Cl)cc2C(CNC(=O)C2CC2)(C(F)(F)F)O1. The fraction of sp³-hybridized carbons (Fsp3) is 0.375. The van der Waals surface area contributed by atoms with Crippen molar-refractivity contribution >= 4 is 52.7 Å². The molecule has 0 spiro atoms. The number of anilines is 2. The number of rotatable bonds is 4. The molecule has 17 heteroatoms. The number of nitrogens with one attached hydrogen (secondary N) is 4. The van der Waals surface area contributed by atoms with Crippen molar-refractivity contribution in [2.75, 3.05) is 24.2 Å². The second-order valence-electron chi connectivity index (χ2n) is 9.15. The first-order valence-corrected chi connectivity index (χ1v) is 12.5. The van der Waals surface area contributed by atoms with E-state index in [1.165, 1.54) is 24.3 Å². The molecule has 4 N–H and O–H groups in total. The van der Waals surface area contributed by atoms with Crippen LogP contribution in [-0.2, 0) is 25.6 Å². The van der Waals surface area contributed by atoms with E-state index in [0.29, 0.717) is 12.8 Å². The van der Waals surface area contributed by atoms with Gasteiger partial charge in [0.1, 0.15) is 0 Å². The average Bonchev–Trinajstić information content (AvgIpc) is 3.72. The van der Waals surface area contributed by atoms with Crippen molar-refractivity contribution < 1.29 is 50.2 Å². The molecule has 1 fully saturated rings. The van der Waals surface area contributed by atoms with Gasteiger partial charge in [-0.3, -0.25) is 20.7 Å². The van der Waals surface area contributed by atoms with Crippen molar-refractivity contribution in [3.63, 3.8) is 0 Å². The summed E-state index contributed by atoms with van der Waals surface area (Å²) in [5.41, 5.74) is -6.54. The Morgan fingerprint density at radius 2 is 1.41 bits per heavy atom. The molecule has 2 aliphatic heterocycles. The predicted molar refractivity (Wildman–Crippen MR) is 133 cm³/mol. The van der Waals surface area contributed by atoms with Gasteiger partial charge in [-0.15, -0.1) is 0 Å². The minimum Gasteiger partial charge on any atom is -0.426 e. The second-order valence-corrected chi connectivity index (χ2v) is 10.0. The first kappa shape index (κ1) is 30.5. The van der Waals surface area contributed by atoms with Gasteiger partial charge < -0.3 is 14.8 Å². The first-order valence-electron chi connectivity index (χ1n) is 11.7. The lowest BCUT2D eigenvalue weighted by Crippen LogP contribution is -2.58. The molecule has 3 amide bonds. The monoisotopic (exact) mass is 628 g/mol. The van der Waals surface area contributed by atoms with Crippen molar-refractivity contribution in [1.29, 1.82) is 0 Å². The van der Waals surface area contributed by atoms with Crippen molar-refractivity contribution in [3.8, 4) is 0 Å². The largest absolute Gasteiger partial charge is 0.447 e. The zero-order valence-corrected chi connectivity index (χ0v) is 22.2. The first-order chi connectivity index (χ1) is 19.0. The Bertz CT molecular complexity index is 1390. The van der Waals surface area contributed by atoms with E-state index in [4.69, 9.17) is 23.2 Å². The molecule has 1 saturated carbocycles. The van der Waals surface area contributed by atoms with Gasteiger partial charge in [-0.25, -0.2) is 9.59 Å². The van der Waals surface area contributed by atoms with E-state index in [1.54, 1.807) is 0 Å². The number of amides is 3. The molecular weight excluding hydrogens is 609 g/mol. The van der Waals surface area contributed by atoms with Crippen molar-refractivity contribution in [2.45, 2.75) is 36.5 Å². The van der Waals surface area contributed by atoms with Gasteiger partial charge in [0, 0.05) is 27.1 Å². The summed E-state index contributed by atoms with van der Waals surface area (Å²) in [5, 5.41) is 8.80. The standard InChI is InChI=1S/C14H12ClF3N2O3.C10H8ClF3N2O2/c15-8-3-4-10-9(5-8)13(14(16,17)18,23-12(22)20-10)6-19-11(21)7-1-2-7;1-15-9(10(12,13)14)6-4-5(11)2-3-7(6)16-8(17)18-9/h3-5,7H,1-2,6H2,(H,19,21)(H,20,22);2-4,15H,1H3,(H,16,17). The van der Waals surface area contributed by atoms with Crippen LogP contribution in [0.2, 0.25) is 10.0 Å². The maximum atomic E-state index is 13.7. The number of hydrogen-bond acceptors (Lipinski definition) is 6. The minimum absolute atomic E-state index is 0.00215. The van der Waals surface area contributed by atoms with Gasteiger partial charge in [0.25, 0.3) is 11.3 Å². The Hall–Kier alpha value is -3.43. The molecule has 0 aromatic heterocycles. The fourth-order valence-corrected chi connectivity index (χ4v) is 4.58. The third-order valence-electron chi connectivity index (χ3n) is 6.43. The summed E-state index contributed by atoms with van der Waals surface area (Å²) in [6, 6.07) is 7.46. The number of benzene rings is 2. The fourth-order valence-electron chi connectivity index (χ4n) is 4.24. The lowest BCUT2D eigenvalue weighted by Gasteiger charge is -2.39. The van der Waals surface area contributed by atoms with Crippen molar-refractivity contribution in [2.24, 2.45) is 5.92 Å². The number of alkyl halides is 6. The summed E-state index contributed by atoms with van der Waals surface area (Å²) < 4.78 is 89.8. The molecule has 2 heterocycles. The van der Waals surface area contributed by atoms with Crippen LogP contribution in [0.15, 0.2) is 36.4 Å². The Labute approximate surface area is 237 Å². The maximum Gasteiger partial charge on any atom is 0.447 e. The van der Waals surface area contributed by atoms with E-state index in [1.807, 2.05) is 5.32 Å². The Kier molecular flexibility index (Phi) is 8.01. The lowest BCUT2D eigenvalue weighted by molar-refractivity contribution is -0.275. The molecule has 0 saturated heterocycles. The highest BCUT2D eigenvalue weighted by molar-refractivity contribution is 6.31. The molecule has 5 rings (SSSR count). The third-order valence-corrected chi connectivity index (χ3v) is 6.90. The minimum atomic E-state index is -4.93. The number of carbonyl (C=O) groups is 3. The number of carbonyl (C=O) groups excluding carboxylic acids is 3. The van der Waals surface area contributed by atoms with Gasteiger partial charge in [0.2, 0.25) is 5.91 Å². The van der Waals surface area contributed by atoms with Crippen LogP contribution in [0.3, 0.4) is 0 Å². The number of hydrogen-bond donors (Lipinski definition) is 4. The van der Waals surface area contributed by atoms with Crippen LogP contribution in [0.4, 0.5) is 47.3 Å². The Balaban J connectivity index is 0.000000195. The highest BCUT2D eigenvalue weighted by Crippen LogP contribution is 2.48. The van der Waals surface area contributed by atoms with E-state index in [2.05, 4.69) is 25.4 Å². The summed E-state index contributed by atoms with van der Waals surface area (Å²) in [7, 11) is 1.05. The number of halogens is 8. The molecular formula is C24H20Cl2F6N4O5. The Morgan fingerprint density at radius 3 is 1.90 bits per heavy atom. The molecule has 2 unspecified atom stereocenters. The molecule has 9 nitrogen and oxygen atoms in total. The van der Waals surface area contributed by atoms with Crippen LogP contribution in [0.5, 0.6) is 0 Å². The molecule has 222 valence electrons. The molecule has 2 atom stereocenters. The van der Waals surface area contributed by atoms with Gasteiger partial charge in [-0.05, 0) is 56.3 Å². The van der Waals surface area contributed by atoms with Gasteiger partial charge in [-0.2, -0.15) is 26.3 Å². The Morgan fingerprint density at radius 1 is 0.902 bits per heavy atom. The summed E-state index contributed by atoms with van der Waals surface area (Å²) >= 11 is 11.5. The number of fused-ring (bicyclic) bond motifs is 2. The van der Waals surface area contributed by atoms with Crippen molar-refractivity contribution in [1.82, 2.24) is 10.6 Å². The molecule has 2 aromatic carbocycles. The highest BCUT2D eigenvalue weighted by Gasteiger charge is 2.63. The average molecular weight is 629 g/mol. The van der Waals surface area contributed by atoms with Gasteiger partial charge in [0.15, 0.2) is 0 Å². The molecule has 2 aromatic rings. The summed E-state index contributed by atoms with van der Waals surface area (Å²) in [5.74, 6) is -0.747. The molecule has 1 aliphatic carbocycles. The summed E-state index contributed by atoms with van der Waals surface area (Å²) in [6.07, 6.45) is -10.9. The van der Waals surface area contributed by atoms with E-state index >= 15 is 0 Å². The zero-order valence-electron chi connectivity index (χ0n) is 20.7. The van der Waals surface area contributed by atoms with Crippen molar-refractivity contribution in [3.05, 3.63) is 57.6 Å². The van der Waals surface area contributed by atoms with Crippen LogP contribution >= 0.6 is 23.2 Å². The summed E-state index contributed by atoms with van der Waals surface area (Å²) in [4.78, 5) is 34.5. The van der Waals surface area contributed by atoms with E-state index in [0.717, 1.165) is 19.2 Å². The molecule has 41 heavy (non-hydrogen) atoms. The van der Waals surface area contributed by atoms with E-state index < -0.39 is 48.3 Å². The summed E-state index contributed by atoms with van der Waals surface area (Å²) in [6.45, 7) is -0.896. The van der Waals surface area contributed by atoms with Crippen LogP contribution in [0.25, 0.3) is 0 Å². The highest BCUT2D eigenvalue weighted by atomic mass is 35.5. The van der Waals surface area contributed by atoms with Crippen LogP contribution in [0, 0.1) is 5.92 Å². The van der Waals surface area contributed by atoms with Crippen LogP contribution < -0.4 is 21.3 Å². The number of ether oxygens (including phenoxy) is 2. The predicted octanol–water partition coefficient (Wildman–Crippen LogP) is 6.02. The third kappa shape index (κ3) is 5.83. The van der Waals surface area contributed by atoms with Crippen LogP contribution in [0.1, 0.15) is 24.0 Å². The van der Waals surface area contributed by atoms with Gasteiger partial charge in [-0.1, -0.05) is 23.2 Å². The quantitative estimate of drug-likeness (QED) is 0.308. The zero-order chi connectivity index (χ0) is 30.4. The maximum absolute atomic E-state index is 13.7. The van der Waals surface area contributed by atoms with Gasteiger partial charge >= 0.3 is 24.5 Å². The number of cyclic esters (lactones) is 2. The molecule has 3 aliphatic rings. The lowest BCUT2D eigenvalue weighted by atomic mass is 9.89. The van der Waals surface area contributed by atoms with E-state index in [9.17, 15) is 40.7 Å². The van der Waals surface area contributed by atoms with E-state index in [-0.39, 0.29) is 38.5 Å². The van der Waals surface area contributed by atoms with Crippen LogP contribution in [-0.4, -0.2) is 44.0 Å². The molecule has 0 bridgehead atoms. The topological polar surface area (TPSA) is 118 Å². The smallest absolute Gasteiger partial charge is 0.426 e. The second kappa shape index (κ2) is 10.8.